The van der Waals surface area contributed by atoms with E-state index >= 15 is 0 Å². The summed E-state index contributed by atoms with van der Waals surface area (Å²) in [6.07, 6.45) is 41.1. The first-order valence-corrected chi connectivity index (χ1v) is 23.3. The Labute approximate surface area is 359 Å². The highest BCUT2D eigenvalue weighted by molar-refractivity contribution is 7.47. The number of hydrogen-bond donors (Lipinski definition) is 5. The summed E-state index contributed by atoms with van der Waals surface area (Å²) in [5, 5.41) is 29.6. The number of allylic oxidation sites excluding steroid dienone is 13. The lowest BCUT2D eigenvalue weighted by Gasteiger charge is -2.20. The Hall–Kier alpha value is -3.42. The molecule has 0 fully saturated rings. The molecular weight excluding hydrogens is 789 g/mol. The molecule has 0 radical (unpaired) electrons. The maximum atomic E-state index is 12.6. The van der Waals surface area contributed by atoms with Crippen LogP contribution in [0.5, 0.6) is 0 Å². The number of aliphatic carboxylic acids is 1. The van der Waals surface area contributed by atoms with Gasteiger partial charge >= 0.3 is 25.7 Å². The van der Waals surface area contributed by atoms with Crippen LogP contribution in [0.15, 0.2) is 85.1 Å². The Balaban J connectivity index is 4.66. The number of hydrogen-bond acceptors (Lipinski definition) is 11. The van der Waals surface area contributed by atoms with Gasteiger partial charge in [-0.1, -0.05) is 125 Å². The van der Waals surface area contributed by atoms with E-state index in [2.05, 4.69) is 85.2 Å². The van der Waals surface area contributed by atoms with E-state index in [1.165, 1.54) is 19.3 Å². The van der Waals surface area contributed by atoms with E-state index < -0.39 is 69.9 Å². The maximum absolute atomic E-state index is 12.6. The van der Waals surface area contributed by atoms with Gasteiger partial charge in [-0.15, -0.1) is 0 Å². The van der Waals surface area contributed by atoms with E-state index in [1.807, 2.05) is 18.2 Å². The van der Waals surface area contributed by atoms with Crippen LogP contribution in [0, 0.1) is 0 Å². The largest absolute Gasteiger partial charge is 0.480 e. The number of rotatable bonds is 39. The highest BCUT2D eigenvalue weighted by Gasteiger charge is 2.28. The number of ether oxygens (including phenoxy) is 2. The van der Waals surface area contributed by atoms with E-state index in [9.17, 15) is 34.1 Å². The van der Waals surface area contributed by atoms with Crippen LogP contribution in [-0.4, -0.2) is 82.3 Å². The Bertz CT molecular complexity index is 1370. The molecule has 60 heavy (non-hydrogen) atoms. The van der Waals surface area contributed by atoms with Crippen LogP contribution in [-0.2, 0) is 37.5 Å². The smallest absolute Gasteiger partial charge is 0.472 e. The molecule has 0 spiro atoms. The molecule has 0 saturated heterocycles. The summed E-state index contributed by atoms with van der Waals surface area (Å²) in [5.41, 5.74) is 5.32. The van der Waals surface area contributed by atoms with Gasteiger partial charge in [-0.2, -0.15) is 0 Å². The number of aliphatic hydroxyl groups excluding tert-OH is 2. The highest BCUT2D eigenvalue weighted by Crippen LogP contribution is 2.43. The van der Waals surface area contributed by atoms with Gasteiger partial charge in [-0.3, -0.25) is 23.4 Å². The molecule has 0 aromatic heterocycles. The zero-order valence-corrected chi connectivity index (χ0v) is 37.1. The summed E-state index contributed by atoms with van der Waals surface area (Å²) in [7, 11) is -4.80. The molecule has 0 aromatic carbocycles. The fourth-order valence-electron chi connectivity index (χ4n) is 5.27. The molecule has 14 heteroatoms. The van der Waals surface area contributed by atoms with Crippen LogP contribution in [0.2, 0.25) is 0 Å². The fourth-order valence-corrected chi connectivity index (χ4v) is 6.05. The van der Waals surface area contributed by atoms with Crippen molar-refractivity contribution in [2.75, 3.05) is 19.8 Å². The van der Waals surface area contributed by atoms with E-state index in [0.717, 1.165) is 70.6 Å². The molecular formula is C46H76NO12P. The van der Waals surface area contributed by atoms with Gasteiger partial charge in [0.2, 0.25) is 0 Å². The molecule has 0 heterocycles. The summed E-state index contributed by atoms with van der Waals surface area (Å²) in [5.74, 6) is -2.74. The van der Waals surface area contributed by atoms with Crippen LogP contribution < -0.4 is 5.73 Å². The number of carbonyl (C=O) groups excluding carboxylic acids is 2. The first kappa shape index (κ1) is 56.6. The predicted molar refractivity (Wildman–Crippen MR) is 238 cm³/mol. The summed E-state index contributed by atoms with van der Waals surface area (Å²) in [6.45, 7) is 2.32. The van der Waals surface area contributed by atoms with E-state index in [0.29, 0.717) is 6.42 Å². The number of unbranched alkanes of at least 4 members (excludes halogenated alkanes) is 7. The summed E-state index contributed by atoms with van der Waals surface area (Å²) in [6, 6.07) is -1.57. The summed E-state index contributed by atoms with van der Waals surface area (Å²) in [4.78, 5) is 46.0. The van der Waals surface area contributed by atoms with Crippen molar-refractivity contribution in [3.05, 3.63) is 85.1 Å². The second-order valence-electron chi connectivity index (χ2n) is 14.4. The van der Waals surface area contributed by atoms with Crippen LogP contribution in [0.4, 0.5) is 0 Å². The van der Waals surface area contributed by atoms with Crippen molar-refractivity contribution in [1.82, 2.24) is 0 Å². The van der Waals surface area contributed by atoms with Gasteiger partial charge in [-0.25, -0.2) is 4.57 Å². The van der Waals surface area contributed by atoms with Crippen molar-refractivity contribution in [1.29, 1.82) is 0 Å². The summed E-state index contributed by atoms with van der Waals surface area (Å²) < 4.78 is 32.5. The highest BCUT2D eigenvalue weighted by atomic mass is 31.2. The standard InChI is InChI=1S/C46H76NO12P/c1-3-5-7-9-11-13-15-17-18-19-20-21-23-25-27-29-31-35-45(51)59-40(38-57-60(54,55)58-39-41(47)46(52)53)37-56-44(50)36-32-34-43(49)42(48)33-30-28-26-24-22-16-14-12-10-8-6-4-2/h5,7,11-14,17-18,20-22,24,28,30,40-43,48-49H,3-4,6,8-10,15-16,19,23,25-27,29,31-39,47H2,1-2H3,(H,52,53)(H,54,55)/b7-5-,13-11-,14-12-,18-17-,21-20-,24-22-,30-28-/t40-,41+,42?,43?/m1/s1. The van der Waals surface area contributed by atoms with Gasteiger partial charge in [0.25, 0.3) is 0 Å². The molecule has 13 nitrogen and oxygen atoms in total. The summed E-state index contributed by atoms with van der Waals surface area (Å²) >= 11 is 0. The Morgan fingerprint density at radius 3 is 1.67 bits per heavy atom. The van der Waals surface area contributed by atoms with Gasteiger partial charge in [0.05, 0.1) is 25.4 Å². The topological polar surface area (TPSA) is 212 Å². The third kappa shape index (κ3) is 37.6. The van der Waals surface area contributed by atoms with Crippen molar-refractivity contribution >= 4 is 25.7 Å². The monoisotopic (exact) mass is 866 g/mol. The van der Waals surface area contributed by atoms with Gasteiger partial charge in [0, 0.05) is 12.8 Å². The number of carboxylic acids is 1. The molecule has 3 unspecified atom stereocenters. The minimum absolute atomic E-state index is 0.0676. The van der Waals surface area contributed by atoms with Gasteiger partial charge in [0.15, 0.2) is 6.10 Å². The first-order chi connectivity index (χ1) is 28.9. The molecule has 5 atom stereocenters. The third-order valence-corrected chi connectivity index (χ3v) is 9.78. The number of carbonyl (C=O) groups is 3. The number of esters is 2. The number of aliphatic hydroxyl groups is 2. The molecule has 0 aliphatic heterocycles. The Morgan fingerprint density at radius 1 is 0.600 bits per heavy atom. The minimum Gasteiger partial charge on any atom is -0.480 e. The molecule has 0 aromatic rings. The van der Waals surface area contributed by atoms with Gasteiger partial charge in [0.1, 0.15) is 12.6 Å². The molecule has 0 rings (SSSR count). The van der Waals surface area contributed by atoms with Gasteiger partial charge in [-0.05, 0) is 89.9 Å². The quantitative estimate of drug-likeness (QED) is 0.0169. The second kappa shape index (κ2) is 39.7. The van der Waals surface area contributed by atoms with Crippen LogP contribution in [0.25, 0.3) is 0 Å². The molecule has 0 bridgehead atoms. The SMILES string of the molecule is CC/C=C\C/C=C\C/C=C\C/C=C\CCCCCCC(=O)O[C@H](COC(=O)CCCC(O)C(O)C/C=C\C/C=C\C/C=C\CCCCC)COP(=O)(O)OC[C@H](N)C(=O)O. The lowest BCUT2D eigenvalue weighted by Crippen LogP contribution is -2.34. The zero-order valence-electron chi connectivity index (χ0n) is 36.2. The lowest BCUT2D eigenvalue weighted by atomic mass is 10.0. The van der Waals surface area contributed by atoms with Crippen molar-refractivity contribution in [3.63, 3.8) is 0 Å². The fraction of sp³-hybridized carbons (Fsp3) is 0.630. The third-order valence-electron chi connectivity index (χ3n) is 8.83. The van der Waals surface area contributed by atoms with E-state index in [1.54, 1.807) is 0 Å². The van der Waals surface area contributed by atoms with Crippen LogP contribution in [0.3, 0.4) is 0 Å². The number of phosphoric acid groups is 1. The number of carboxylic acid groups (broad SMARTS) is 1. The molecule has 342 valence electrons. The van der Waals surface area contributed by atoms with Crippen LogP contribution in [0.1, 0.15) is 142 Å². The number of nitrogens with two attached hydrogens (primary N) is 1. The molecule has 6 N–H and O–H groups in total. The van der Waals surface area contributed by atoms with E-state index in [-0.39, 0.29) is 32.1 Å². The zero-order chi connectivity index (χ0) is 44.5. The average molecular weight is 866 g/mol. The van der Waals surface area contributed by atoms with Gasteiger partial charge < -0.3 is 35.4 Å². The van der Waals surface area contributed by atoms with Crippen molar-refractivity contribution in [2.24, 2.45) is 5.73 Å². The molecule has 0 saturated carbocycles. The van der Waals surface area contributed by atoms with Crippen molar-refractivity contribution < 1.29 is 57.7 Å². The predicted octanol–water partition coefficient (Wildman–Crippen LogP) is 9.44. The molecule has 0 aliphatic rings. The number of phosphoric ester groups is 1. The normalized spacial score (nSPS) is 15.6. The van der Waals surface area contributed by atoms with Crippen molar-refractivity contribution in [2.45, 2.75) is 167 Å². The van der Waals surface area contributed by atoms with E-state index in [4.69, 9.17) is 24.8 Å². The lowest BCUT2D eigenvalue weighted by molar-refractivity contribution is -0.161. The maximum Gasteiger partial charge on any atom is 0.472 e. The van der Waals surface area contributed by atoms with Crippen molar-refractivity contribution in [3.8, 4) is 0 Å². The Morgan fingerprint density at radius 2 is 1.10 bits per heavy atom. The van der Waals surface area contributed by atoms with Crippen LogP contribution >= 0.6 is 7.82 Å². The molecule has 0 amide bonds. The Kier molecular flexibility index (Phi) is 37.4. The second-order valence-corrected chi connectivity index (χ2v) is 15.9. The average Bonchev–Trinajstić information content (AvgIpc) is 3.22. The minimum atomic E-state index is -4.80. The molecule has 0 aliphatic carbocycles. The first-order valence-electron chi connectivity index (χ1n) is 21.8.